The molecule has 5 aromatic rings. The van der Waals surface area contributed by atoms with Crippen LogP contribution >= 0.6 is 0 Å². The minimum Gasteiger partial charge on any atom is -0.382 e. The topological polar surface area (TPSA) is 126 Å². The SMILES string of the molecule is Nc1ncnn2c(CN3CCOCC3)c(-c3ccc[nH]3)c(-c3ccc(NC(=O)Nc4cc(C(F)(F)F)ccc4F)c(F)c3)c12. The molecule has 6 rings (SSSR count). The quantitative estimate of drug-likeness (QED) is 0.181. The molecule has 0 bridgehead atoms. The van der Waals surface area contributed by atoms with Crippen molar-refractivity contribution in [2.24, 2.45) is 0 Å². The molecule has 1 aliphatic heterocycles. The van der Waals surface area contributed by atoms with Gasteiger partial charge >= 0.3 is 12.2 Å². The second-order valence-corrected chi connectivity index (χ2v) is 10.0. The predicted octanol–water partition coefficient (Wildman–Crippen LogP) is 5.75. The number of carbonyl (C=O) groups excluding carboxylic acids is 1. The van der Waals surface area contributed by atoms with Crippen molar-refractivity contribution in [2.75, 3.05) is 42.7 Å². The number of nitrogens with zero attached hydrogens (tertiary/aromatic N) is 4. The van der Waals surface area contributed by atoms with Gasteiger partial charge in [0.1, 0.15) is 23.5 Å². The number of nitrogen functional groups attached to an aromatic ring is 1. The van der Waals surface area contributed by atoms with Crippen molar-refractivity contribution in [2.45, 2.75) is 12.7 Å². The molecular formula is C29H25F5N8O2. The highest BCUT2D eigenvalue weighted by Gasteiger charge is 2.31. The number of H-pyrrole nitrogens is 1. The number of urea groups is 1. The van der Waals surface area contributed by atoms with Crippen LogP contribution in [0.15, 0.2) is 61.1 Å². The number of halogens is 5. The van der Waals surface area contributed by atoms with Crippen LogP contribution in [0.5, 0.6) is 0 Å². The molecule has 0 aliphatic carbocycles. The molecule has 0 radical (unpaired) electrons. The maximum Gasteiger partial charge on any atom is 0.416 e. The Morgan fingerprint density at radius 1 is 1.00 bits per heavy atom. The largest absolute Gasteiger partial charge is 0.416 e. The van der Waals surface area contributed by atoms with E-state index in [0.29, 0.717) is 67.7 Å². The first-order valence-corrected chi connectivity index (χ1v) is 13.4. The van der Waals surface area contributed by atoms with Gasteiger partial charge in [-0.15, -0.1) is 0 Å². The van der Waals surface area contributed by atoms with E-state index in [9.17, 15) is 22.4 Å². The minimum atomic E-state index is -4.75. The number of anilines is 3. The van der Waals surface area contributed by atoms with Crippen LogP contribution in [0.4, 0.5) is 43.9 Å². The Morgan fingerprint density at radius 3 is 2.48 bits per heavy atom. The van der Waals surface area contributed by atoms with E-state index in [1.807, 2.05) is 17.4 Å². The van der Waals surface area contributed by atoms with Gasteiger partial charge in [-0.25, -0.2) is 23.1 Å². The van der Waals surface area contributed by atoms with E-state index >= 15 is 4.39 Å². The highest BCUT2D eigenvalue weighted by atomic mass is 19.4. The number of hydrogen-bond acceptors (Lipinski definition) is 6. The molecule has 44 heavy (non-hydrogen) atoms. The standard InChI is InChI=1S/C29H25F5N8O2/c30-18-5-4-17(29(32,33)34)13-22(18)40-28(43)39-20-6-3-16(12-19(20)31)24-25(21-2-1-7-36-21)23(14-41-8-10-44-11-9-41)42-26(24)27(35)37-15-38-42/h1-7,12-13,15,36H,8-11,14H2,(H2,35,37,38)(H2,39,40,43). The number of benzene rings is 2. The van der Waals surface area contributed by atoms with Crippen LogP contribution in [0.3, 0.4) is 0 Å². The lowest BCUT2D eigenvalue weighted by Crippen LogP contribution is -2.36. The number of ether oxygens (including phenoxy) is 1. The van der Waals surface area contributed by atoms with E-state index in [0.717, 1.165) is 17.0 Å². The number of rotatable bonds is 6. The van der Waals surface area contributed by atoms with Gasteiger partial charge in [-0.1, -0.05) is 6.07 Å². The maximum absolute atomic E-state index is 15.5. The molecule has 4 heterocycles. The van der Waals surface area contributed by atoms with Crippen molar-refractivity contribution in [3.8, 4) is 22.4 Å². The molecular weight excluding hydrogens is 587 g/mol. The number of aromatic amines is 1. The van der Waals surface area contributed by atoms with Crippen molar-refractivity contribution >= 4 is 28.7 Å². The molecule has 3 aromatic heterocycles. The monoisotopic (exact) mass is 612 g/mol. The van der Waals surface area contributed by atoms with Crippen molar-refractivity contribution in [3.63, 3.8) is 0 Å². The molecule has 2 aromatic carbocycles. The fraction of sp³-hybridized carbons (Fsp3) is 0.207. The summed E-state index contributed by atoms with van der Waals surface area (Å²) in [5.41, 5.74) is 7.84. The first-order valence-electron chi connectivity index (χ1n) is 13.4. The second kappa shape index (κ2) is 11.6. The lowest BCUT2D eigenvalue weighted by Gasteiger charge is -2.26. The van der Waals surface area contributed by atoms with Crippen LogP contribution in [-0.2, 0) is 17.5 Å². The van der Waals surface area contributed by atoms with E-state index in [2.05, 4.69) is 25.3 Å². The number of hydrogen-bond donors (Lipinski definition) is 4. The number of fused-ring (bicyclic) bond motifs is 1. The highest BCUT2D eigenvalue weighted by Crippen LogP contribution is 2.42. The Bertz CT molecular complexity index is 1830. The van der Waals surface area contributed by atoms with Gasteiger partial charge < -0.3 is 26.1 Å². The van der Waals surface area contributed by atoms with Gasteiger partial charge in [0.15, 0.2) is 5.82 Å². The Morgan fingerprint density at radius 2 is 1.77 bits per heavy atom. The van der Waals surface area contributed by atoms with Gasteiger partial charge in [-0.05, 0) is 48.0 Å². The normalized spacial score (nSPS) is 14.2. The molecule has 5 N–H and O–H groups in total. The molecule has 0 atom stereocenters. The summed E-state index contributed by atoms with van der Waals surface area (Å²) in [7, 11) is 0. The van der Waals surface area contributed by atoms with Crippen LogP contribution in [0.1, 0.15) is 11.3 Å². The smallest absolute Gasteiger partial charge is 0.382 e. The van der Waals surface area contributed by atoms with Crippen molar-refractivity contribution < 1.29 is 31.5 Å². The zero-order valence-corrected chi connectivity index (χ0v) is 22.9. The first-order chi connectivity index (χ1) is 21.1. The van der Waals surface area contributed by atoms with Crippen LogP contribution in [0.2, 0.25) is 0 Å². The van der Waals surface area contributed by atoms with Gasteiger partial charge in [0.25, 0.3) is 0 Å². The Balaban J connectivity index is 1.36. The second-order valence-electron chi connectivity index (χ2n) is 10.0. The maximum atomic E-state index is 15.5. The number of morpholine rings is 1. The molecule has 10 nitrogen and oxygen atoms in total. The lowest BCUT2D eigenvalue weighted by molar-refractivity contribution is -0.137. The molecule has 1 fully saturated rings. The van der Waals surface area contributed by atoms with Gasteiger partial charge in [0.05, 0.1) is 35.8 Å². The number of alkyl halides is 3. The third kappa shape index (κ3) is 5.66. The molecule has 1 aliphatic rings. The summed E-state index contributed by atoms with van der Waals surface area (Å²) in [6.45, 7) is 3.06. The van der Waals surface area contributed by atoms with Crippen molar-refractivity contribution in [3.05, 3.63) is 83.9 Å². The van der Waals surface area contributed by atoms with Crippen molar-refractivity contribution in [1.82, 2.24) is 24.5 Å². The summed E-state index contributed by atoms with van der Waals surface area (Å²) in [6.07, 6.45) is -1.65. The zero-order chi connectivity index (χ0) is 31.0. The predicted molar refractivity (Wildman–Crippen MR) is 153 cm³/mol. The average molecular weight is 613 g/mol. The van der Waals surface area contributed by atoms with Gasteiger partial charge in [-0.3, -0.25) is 4.90 Å². The highest BCUT2D eigenvalue weighted by molar-refractivity contribution is 6.02. The summed E-state index contributed by atoms with van der Waals surface area (Å²) >= 11 is 0. The van der Waals surface area contributed by atoms with E-state index in [-0.39, 0.29) is 11.5 Å². The molecule has 15 heteroatoms. The molecule has 2 amide bonds. The number of nitrogens with one attached hydrogen (secondary N) is 3. The third-order valence-electron chi connectivity index (χ3n) is 7.24. The van der Waals surface area contributed by atoms with Gasteiger partial charge in [-0.2, -0.15) is 18.3 Å². The Kier molecular flexibility index (Phi) is 7.65. The van der Waals surface area contributed by atoms with Crippen molar-refractivity contribution in [1.29, 1.82) is 0 Å². The first kappa shape index (κ1) is 29.1. The number of amides is 2. The Labute approximate surface area is 246 Å². The van der Waals surface area contributed by atoms with E-state index in [1.54, 1.807) is 16.8 Å². The number of nitrogens with two attached hydrogens (primary N) is 1. The lowest BCUT2D eigenvalue weighted by atomic mass is 9.98. The fourth-order valence-electron chi connectivity index (χ4n) is 5.19. The van der Waals surface area contributed by atoms with Gasteiger partial charge in [0.2, 0.25) is 0 Å². The third-order valence-corrected chi connectivity index (χ3v) is 7.24. The summed E-state index contributed by atoms with van der Waals surface area (Å²) in [5, 5.41) is 8.69. The zero-order valence-electron chi connectivity index (χ0n) is 22.9. The number of carbonyl (C=O) groups is 1. The summed E-state index contributed by atoms with van der Waals surface area (Å²) in [6, 6.07) is 8.17. The molecule has 0 saturated carbocycles. The fourth-order valence-corrected chi connectivity index (χ4v) is 5.19. The molecule has 1 saturated heterocycles. The molecule has 0 unspecified atom stereocenters. The van der Waals surface area contributed by atoms with E-state index < -0.39 is 35.1 Å². The molecule has 0 spiro atoms. The van der Waals surface area contributed by atoms with Crippen LogP contribution in [-0.4, -0.2) is 56.8 Å². The van der Waals surface area contributed by atoms with Crippen LogP contribution in [0.25, 0.3) is 27.9 Å². The van der Waals surface area contributed by atoms with E-state index in [1.165, 1.54) is 18.5 Å². The average Bonchev–Trinajstić information content (AvgIpc) is 3.63. The van der Waals surface area contributed by atoms with E-state index in [4.69, 9.17) is 10.5 Å². The minimum absolute atomic E-state index is 0.168. The Hall–Kier alpha value is -5.02. The van der Waals surface area contributed by atoms with Crippen LogP contribution < -0.4 is 16.4 Å². The molecule has 228 valence electrons. The summed E-state index contributed by atoms with van der Waals surface area (Å²) < 4.78 is 76.0. The summed E-state index contributed by atoms with van der Waals surface area (Å²) in [4.78, 5) is 22.1. The number of aromatic nitrogens is 4. The van der Waals surface area contributed by atoms with Gasteiger partial charge in [0, 0.05) is 42.7 Å². The van der Waals surface area contributed by atoms with Crippen LogP contribution in [0, 0.1) is 11.6 Å². The summed E-state index contributed by atoms with van der Waals surface area (Å²) in [5.74, 6) is -1.78.